The van der Waals surface area contributed by atoms with E-state index in [1.165, 1.54) is 0 Å². The van der Waals surface area contributed by atoms with E-state index in [2.05, 4.69) is 15.4 Å². The molecule has 31 heavy (non-hydrogen) atoms. The van der Waals surface area contributed by atoms with E-state index >= 15 is 0 Å². The maximum Gasteiger partial charge on any atom is 0.335 e. The van der Waals surface area contributed by atoms with Crippen molar-refractivity contribution in [1.29, 1.82) is 0 Å². The van der Waals surface area contributed by atoms with Crippen LogP contribution in [0.25, 0.3) is 22.6 Å². The zero-order chi connectivity index (χ0) is 21.5. The van der Waals surface area contributed by atoms with Gasteiger partial charge in [-0.1, -0.05) is 54.1 Å². The maximum atomic E-state index is 12.9. The summed E-state index contributed by atoms with van der Waals surface area (Å²) in [7, 11) is 0. The number of aryl methyl sites for hydroxylation is 1. The molecule has 7 heteroatoms. The Morgan fingerprint density at radius 2 is 1.71 bits per heavy atom. The lowest BCUT2D eigenvalue weighted by Gasteiger charge is -2.30. The molecule has 1 atom stereocenters. The zero-order valence-corrected chi connectivity index (χ0v) is 16.6. The molecular weight excluding hydrogens is 392 g/mol. The van der Waals surface area contributed by atoms with Gasteiger partial charge in [0.2, 0.25) is 0 Å². The molecule has 0 radical (unpaired) electrons. The Balaban J connectivity index is 1.71. The van der Waals surface area contributed by atoms with E-state index in [0.29, 0.717) is 11.4 Å². The maximum absolute atomic E-state index is 12.9. The quantitative estimate of drug-likeness (QED) is 0.531. The van der Waals surface area contributed by atoms with Crippen LogP contribution in [0.15, 0.2) is 77.6 Å². The Bertz CT molecular complexity index is 1360. The summed E-state index contributed by atoms with van der Waals surface area (Å²) < 4.78 is 1.69. The number of carboxylic acids is 1. The van der Waals surface area contributed by atoms with Gasteiger partial charge in [-0.05, 0) is 36.8 Å². The fourth-order valence-corrected chi connectivity index (χ4v) is 3.70. The largest absolute Gasteiger partial charge is 0.478 e. The molecule has 152 valence electrons. The lowest BCUT2D eigenvalue weighted by atomic mass is 10.0. The van der Waals surface area contributed by atoms with Gasteiger partial charge in [0.25, 0.3) is 5.56 Å². The summed E-state index contributed by atoms with van der Waals surface area (Å²) in [5.74, 6) is -0.526. The molecule has 1 aromatic heterocycles. The topological polar surface area (TPSA) is 97.1 Å². The van der Waals surface area contributed by atoms with Crippen LogP contribution in [0.4, 0.5) is 5.69 Å². The van der Waals surface area contributed by atoms with Gasteiger partial charge in [0.1, 0.15) is 6.17 Å². The number of benzene rings is 3. The monoisotopic (exact) mass is 410 g/mol. The standard InChI is InChI=1S/C24H18N4O3/c1-14-6-8-15(9-7-14)20-23(29)26-22-18-4-2-3-5-19(18)25-21(28(22)27-20)16-10-12-17(13-11-16)24(30)31/h2-13,21,25H,1H3,(H,30,31)/t21-/m1/s1. The Morgan fingerprint density at radius 3 is 2.42 bits per heavy atom. The molecule has 0 unspecified atom stereocenters. The second-order valence-electron chi connectivity index (χ2n) is 7.42. The molecule has 2 heterocycles. The summed E-state index contributed by atoms with van der Waals surface area (Å²) in [4.78, 5) is 28.5. The third-order valence-electron chi connectivity index (χ3n) is 5.34. The van der Waals surface area contributed by atoms with Crippen molar-refractivity contribution in [2.75, 3.05) is 5.32 Å². The lowest BCUT2D eigenvalue weighted by Crippen LogP contribution is -2.32. The minimum absolute atomic E-state index is 0.200. The van der Waals surface area contributed by atoms with Crippen molar-refractivity contribution < 1.29 is 9.90 Å². The van der Waals surface area contributed by atoms with E-state index in [4.69, 9.17) is 0 Å². The van der Waals surface area contributed by atoms with Crippen LogP contribution in [0.1, 0.15) is 27.7 Å². The van der Waals surface area contributed by atoms with Crippen LogP contribution in [0, 0.1) is 6.92 Å². The first kappa shape index (κ1) is 18.7. The number of hydrogen-bond donors (Lipinski definition) is 2. The van der Waals surface area contributed by atoms with Gasteiger partial charge in [-0.2, -0.15) is 10.1 Å². The van der Waals surface area contributed by atoms with Crippen molar-refractivity contribution in [2.24, 2.45) is 0 Å². The van der Waals surface area contributed by atoms with Crippen LogP contribution in [0.3, 0.4) is 0 Å². The Kier molecular flexibility index (Phi) is 4.36. The van der Waals surface area contributed by atoms with Gasteiger partial charge in [-0.3, -0.25) is 4.79 Å². The first-order valence-corrected chi connectivity index (χ1v) is 9.78. The molecule has 0 amide bonds. The summed E-state index contributed by atoms with van der Waals surface area (Å²) in [6.45, 7) is 1.98. The van der Waals surface area contributed by atoms with Gasteiger partial charge in [0.15, 0.2) is 11.5 Å². The van der Waals surface area contributed by atoms with Crippen LogP contribution < -0.4 is 10.9 Å². The van der Waals surface area contributed by atoms with Gasteiger partial charge in [0.05, 0.1) is 5.56 Å². The van der Waals surface area contributed by atoms with E-state index in [1.54, 1.807) is 28.9 Å². The molecule has 0 saturated carbocycles. The number of aromatic nitrogens is 3. The molecule has 5 rings (SSSR count). The summed E-state index contributed by atoms with van der Waals surface area (Å²) in [5.41, 5.74) is 4.25. The van der Waals surface area contributed by atoms with Crippen molar-refractivity contribution in [3.8, 4) is 22.6 Å². The average molecular weight is 410 g/mol. The summed E-state index contributed by atoms with van der Waals surface area (Å²) in [6, 6.07) is 21.7. The minimum Gasteiger partial charge on any atom is -0.478 e. The van der Waals surface area contributed by atoms with Crippen LogP contribution in [0.2, 0.25) is 0 Å². The van der Waals surface area contributed by atoms with Crippen molar-refractivity contribution in [1.82, 2.24) is 14.8 Å². The molecular formula is C24H18N4O3. The van der Waals surface area contributed by atoms with Gasteiger partial charge in [0, 0.05) is 16.8 Å². The van der Waals surface area contributed by atoms with Crippen LogP contribution in [-0.4, -0.2) is 25.8 Å². The van der Waals surface area contributed by atoms with E-state index < -0.39 is 17.7 Å². The SMILES string of the molecule is Cc1ccc(-c2nn3c(nc2=O)-c2ccccc2N[C@H]3c2ccc(C(=O)O)cc2)cc1. The Hall–Kier alpha value is -4.26. The fourth-order valence-electron chi connectivity index (χ4n) is 3.70. The molecule has 2 N–H and O–H groups in total. The lowest BCUT2D eigenvalue weighted by molar-refractivity contribution is 0.0697. The molecule has 3 aromatic carbocycles. The van der Waals surface area contributed by atoms with E-state index in [9.17, 15) is 14.7 Å². The highest BCUT2D eigenvalue weighted by molar-refractivity contribution is 5.87. The molecule has 0 aliphatic carbocycles. The Labute approximate surface area is 177 Å². The van der Waals surface area contributed by atoms with E-state index in [1.807, 2.05) is 55.5 Å². The van der Waals surface area contributed by atoms with E-state index in [-0.39, 0.29) is 11.3 Å². The first-order valence-electron chi connectivity index (χ1n) is 9.78. The molecule has 0 fully saturated rings. The molecule has 0 saturated heterocycles. The van der Waals surface area contributed by atoms with Crippen molar-refractivity contribution in [3.63, 3.8) is 0 Å². The summed E-state index contributed by atoms with van der Waals surface area (Å²) in [6.07, 6.45) is -0.454. The number of fused-ring (bicyclic) bond motifs is 3. The number of para-hydroxylation sites is 1. The number of carboxylic acid groups (broad SMARTS) is 1. The highest BCUT2D eigenvalue weighted by atomic mass is 16.4. The predicted octanol–water partition coefficient (Wildman–Crippen LogP) is 3.95. The summed E-state index contributed by atoms with van der Waals surface area (Å²) in [5, 5.41) is 17.3. The van der Waals surface area contributed by atoms with Crippen LogP contribution >= 0.6 is 0 Å². The van der Waals surface area contributed by atoms with Gasteiger partial charge >= 0.3 is 5.97 Å². The number of rotatable bonds is 3. The minimum atomic E-state index is -0.987. The molecule has 1 aliphatic heterocycles. The number of carbonyl (C=O) groups is 1. The van der Waals surface area contributed by atoms with Gasteiger partial charge < -0.3 is 10.4 Å². The van der Waals surface area contributed by atoms with Crippen molar-refractivity contribution in [3.05, 3.63) is 99.8 Å². The van der Waals surface area contributed by atoms with Crippen LogP contribution in [-0.2, 0) is 0 Å². The molecule has 0 spiro atoms. The summed E-state index contributed by atoms with van der Waals surface area (Å²) >= 11 is 0. The number of aromatic carboxylic acids is 1. The first-order chi connectivity index (χ1) is 15.0. The molecule has 0 bridgehead atoms. The predicted molar refractivity (Wildman–Crippen MR) is 117 cm³/mol. The fraction of sp³-hybridized carbons (Fsp3) is 0.0833. The number of hydrogen-bond acceptors (Lipinski definition) is 5. The highest BCUT2D eigenvalue weighted by Gasteiger charge is 2.28. The van der Waals surface area contributed by atoms with Crippen molar-refractivity contribution in [2.45, 2.75) is 13.1 Å². The molecule has 7 nitrogen and oxygen atoms in total. The molecule has 4 aromatic rings. The smallest absolute Gasteiger partial charge is 0.335 e. The second-order valence-corrected chi connectivity index (χ2v) is 7.42. The molecule has 1 aliphatic rings. The average Bonchev–Trinajstić information content (AvgIpc) is 2.79. The van der Waals surface area contributed by atoms with Gasteiger partial charge in [-0.15, -0.1) is 0 Å². The third kappa shape index (κ3) is 3.26. The zero-order valence-electron chi connectivity index (χ0n) is 16.6. The number of nitrogens with zero attached hydrogens (tertiary/aromatic N) is 3. The van der Waals surface area contributed by atoms with E-state index in [0.717, 1.165) is 22.4 Å². The highest BCUT2D eigenvalue weighted by Crippen LogP contribution is 2.36. The third-order valence-corrected chi connectivity index (χ3v) is 5.34. The number of anilines is 1. The van der Waals surface area contributed by atoms with Gasteiger partial charge in [-0.25, -0.2) is 9.48 Å². The van der Waals surface area contributed by atoms with Crippen molar-refractivity contribution >= 4 is 11.7 Å². The number of nitrogens with one attached hydrogen (secondary N) is 1. The van der Waals surface area contributed by atoms with Crippen LogP contribution in [0.5, 0.6) is 0 Å². The second kappa shape index (κ2) is 7.21. The Morgan fingerprint density at radius 1 is 1.00 bits per heavy atom. The normalized spacial score (nSPS) is 14.3.